The fourth-order valence-corrected chi connectivity index (χ4v) is 0.585. The highest BCUT2D eigenvalue weighted by molar-refractivity contribution is 7.80. The van der Waals surface area contributed by atoms with Gasteiger partial charge in [0.1, 0.15) is 0 Å². The fraction of sp³-hybridized carbons (Fsp3) is 0. The molecule has 10 heavy (non-hydrogen) atoms. The van der Waals surface area contributed by atoms with Crippen LogP contribution in [0, 0.1) is 0 Å². The molecule has 2 N–H and O–H groups in total. The van der Waals surface area contributed by atoms with Gasteiger partial charge in [0.25, 0.3) is 0 Å². The molecule has 0 unspecified atom stereocenters. The van der Waals surface area contributed by atoms with Crippen molar-refractivity contribution < 1.29 is 0 Å². The maximum absolute atomic E-state index is 6.87. The summed E-state index contributed by atoms with van der Waals surface area (Å²) >= 11 is 4.47. The molecule has 51 valence electrons. The van der Waals surface area contributed by atoms with Crippen LogP contribution in [0.15, 0.2) is 18.6 Å². The van der Waals surface area contributed by atoms with E-state index in [9.17, 15) is 0 Å². The minimum absolute atomic E-state index is 0.0551. The summed E-state index contributed by atoms with van der Waals surface area (Å²) in [5.41, 5.74) is 6.87. The standard InChI is InChI=1S/C5H5N4S/c6-5(10)9-4-3-7-1-2-8-4/h1-3,6H,(H,8,9,10). The van der Waals surface area contributed by atoms with E-state index in [-0.39, 0.29) is 5.11 Å². The molecule has 0 aliphatic rings. The summed E-state index contributed by atoms with van der Waals surface area (Å²) in [7, 11) is 0. The maximum atomic E-state index is 6.87. The predicted molar refractivity (Wildman–Crippen MR) is 41.3 cm³/mol. The molecule has 0 saturated heterocycles. The Morgan fingerprint density at radius 1 is 1.60 bits per heavy atom. The predicted octanol–water partition coefficient (Wildman–Crippen LogP) is 0.456. The van der Waals surface area contributed by atoms with Crippen molar-refractivity contribution in [2.75, 3.05) is 5.32 Å². The van der Waals surface area contributed by atoms with Gasteiger partial charge in [-0.15, -0.1) is 0 Å². The van der Waals surface area contributed by atoms with Crippen LogP contribution in [0.3, 0.4) is 0 Å². The van der Waals surface area contributed by atoms with Gasteiger partial charge in [-0.3, -0.25) is 10.7 Å². The first kappa shape index (κ1) is 6.88. The van der Waals surface area contributed by atoms with Crippen LogP contribution >= 0.6 is 12.2 Å². The normalized spacial score (nSPS) is 8.80. The van der Waals surface area contributed by atoms with Crippen LogP contribution in [0.25, 0.3) is 0 Å². The first-order valence-electron chi connectivity index (χ1n) is 2.57. The summed E-state index contributed by atoms with van der Waals surface area (Å²) in [6, 6.07) is 0. The van der Waals surface area contributed by atoms with Crippen molar-refractivity contribution in [3.05, 3.63) is 18.6 Å². The minimum Gasteiger partial charge on any atom is -0.315 e. The molecule has 0 spiro atoms. The average molecular weight is 153 g/mol. The number of nitrogens with zero attached hydrogens (tertiary/aromatic N) is 2. The van der Waals surface area contributed by atoms with Gasteiger partial charge in [0, 0.05) is 12.4 Å². The van der Waals surface area contributed by atoms with Gasteiger partial charge >= 0.3 is 0 Å². The van der Waals surface area contributed by atoms with Gasteiger partial charge in [-0.25, -0.2) is 4.98 Å². The molecule has 1 heterocycles. The summed E-state index contributed by atoms with van der Waals surface area (Å²) in [5, 5.41) is 2.47. The number of aromatic nitrogens is 2. The Balaban J connectivity index is 2.67. The molecule has 1 aromatic rings. The third-order valence-corrected chi connectivity index (χ3v) is 0.907. The molecular formula is C5H5N4S. The number of nitrogens with one attached hydrogen (secondary N) is 2. The average Bonchev–Trinajstić information content (AvgIpc) is 1.88. The molecule has 0 fully saturated rings. The van der Waals surface area contributed by atoms with Crippen molar-refractivity contribution >= 4 is 23.1 Å². The number of hydrogen-bond donors (Lipinski definition) is 1. The van der Waals surface area contributed by atoms with E-state index in [0.29, 0.717) is 5.82 Å². The molecule has 1 rings (SSSR count). The summed E-state index contributed by atoms with van der Waals surface area (Å²) < 4.78 is 0. The Morgan fingerprint density at radius 2 is 2.40 bits per heavy atom. The van der Waals surface area contributed by atoms with E-state index in [2.05, 4.69) is 27.5 Å². The molecule has 0 amide bonds. The van der Waals surface area contributed by atoms with Gasteiger partial charge in [0.15, 0.2) is 10.9 Å². The zero-order chi connectivity index (χ0) is 7.40. The topological polar surface area (TPSA) is 61.6 Å². The molecule has 0 bridgehead atoms. The van der Waals surface area contributed by atoms with Crippen LogP contribution in [0.2, 0.25) is 0 Å². The van der Waals surface area contributed by atoms with E-state index in [4.69, 9.17) is 5.73 Å². The fourth-order valence-electron chi connectivity index (χ4n) is 0.480. The third kappa shape index (κ3) is 1.94. The quantitative estimate of drug-likeness (QED) is 0.595. The second-order valence-corrected chi connectivity index (χ2v) is 1.95. The number of thiocarbonyl (C=S) groups is 1. The Bertz CT molecular complexity index is 222. The zero-order valence-corrected chi connectivity index (χ0v) is 5.85. The van der Waals surface area contributed by atoms with Crippen LogP contribution in [0.4, 0.5) is 5.82 Å². The minimum atomic E-state index is -0.0551. The monoisotopic (exact) mass is 153 g/mol. The molecular weight excluding hydrogens is 148 g/mol. The van der Waals surface area contributed by atoms with Gasteiger partial charge in [-0.1, -0.05) is 0 Å². The van der Waals surface area contributed by atoms with E-state index in [1.165, 1.54) is 12.4 Å². The van der Waals surface area contributed by atoms with E-state index >= 15 is 0 Å². The lowest BCUT2D eigenvalue weighted by molar-refractivity contribution is 1.20. The lowest BCUT2D eigenvalue weighted by atomic mass is 10.6. The summed E-state index contributed by atoms with van der Waals surface area (Å²) in [4.78, 5) is 7.61. The van der Waals surface area contributed by atoms with E-state index < -0.39 is 0 Å². The number of rotatable bonds is 1. The SMILES string of the molecule is [NH]C(=S)Nc1cnccn1. The van der Waals surface area contributed by atoms with Gasteiger partial charge in [0.2, 0.25) is 0 Å². The van der Waals surface area contributed by atoms with Crippen molar-refractivity contribution in [3.8, 4) is 0 Å². The molecule has 1 radical (unpaired) electrons. The van der Waals surface area contributed by atoms with Crippen LogP contribution in [0.1, 0.15) is 0 Å². The third-order valence-electron chi connectivity index (χ3n) is 0.805. The number of anilines is 1. The van der Waals surface area contributed by atoms with Gasteiger partial charge in [-0.05, 0) is 12.2 Å². The molecule has 1 aromatic heterocycles. The van der Waals surface area contributed by atoms with E-state index in [1.807, 2.05) is 0 Å². The molecule has 0 saturated carbocycles. The molecule has 4 nitrogen and oxygen atoms in total. The van der Waals surface area contributed by atoms with Crippen molar-refractivity contribution in [3.63, 3.8) is 0 Å². The van der Waals surface area contributed by atoms with Gasteiger partial charge in [-0.2, -0.15) is 0 Å². The highest BCUT2D eigenvalue weighted by Crippen LogP contribution is 1.94. The second kappa shape index (κ2) is 3.07. The smallest absolute Gasteiger partial charge is 0.190 e. The largest absolute Gasteiger partial charge is 0.315 e. The van der Waals surface area contributed by atoms with Crippen molar-refractivity contribution in [1.82, 2.24) is 15.7 Å². The van der Waals surface area contributed by atoms with E-state index in [0.717, 1.165) is 0 Å². The molecule has 0 aromatic carbocycles. The highest BCUT2D eigenvalue weighted by Gasteiger charge is 1.90. The molecule has 0 aliphatic heterocycles. The van der Waals surface area contributed by atoms with Gasteiger partial charge in [0.05, 0.1) is 6.20 Å². The van der Waals surface area contributed by atoms with Crippen LogP contribution in [-0.2, 0) is 0 Å². The first-order valence-corrected chi connectivity index (χ1v) is 2.98. The Morgan fingerprint density at radius 3 is 2.90 bits per heavy atom. The molecule has 0 atom stereocenters. The summed E-state index contributed by atoms with van der Waals surface area (Å²) in [5.74, 6) is 0.502. The lowest BCUT2D eigenvalue weighted by Crippen LogP contribution is -2.10. The Kier molecular flexibility index (Phi) is 2.11. The van der Waals surface area contributed by atoms with Gasteiger partial charge < -0.3 is 5.32 Å². The Hall–Kier alpha value is -1.23. The summed E-state index contributed by atoms with van der Waals surface area (Å²) in [6.45, 7) is 0. The van der Waals surface area contributed by atoms with Crippen LogP contribution in [0.5, 0.6) is 0 Å². The summed E-state index contributed by atoms with van der Waals surface area (Å²) in [6.07, 6.45) is 4.58. The van der Waals surface area contributed by atoms with Crippen molar-refractivity contribution in [2.45, 2.75) is 0 Å². The Labute approximate surface area is 63.5 Å². The number of hydrogen-bond acceptors (Lipinski definition) is 3. The molecule has 5 heteroatoms. The van der Waals surface area contributed by atoms with Crippen LogP contribution < -0.4 is 11.1 Å². The first-order chi connectivity index (χ1) is 4.79. The van der Waals surface area contributed by atoms with Crippen LogP contribution in [-0.4, -0.2) is 15.1 Å². The van der Waals surface area contributed by atoms with Crippen molar-refractivity contribution in [2.24, 2.45) is 0 Å². The lowest BCUT2D eigenvalue weighted by Gasteiger charge is -1.97. The maximum Gasteiger partial charge on any atom is 0.190 e. The second-order valence-electron chi connectivity index (χ2n) is 1.54. The molecule has 0 aliphatic carbocycles. The zero-order valence-electron chi connectivity index (χ0n) is 5.03. The highest BCUT2D eigenvalue weighted by atomic mass is 32.1. The van der Waals surface area contributed by atoms with E-state index in [1.54, 1.807) is 6.20 Å². The van der Waals surface area contributed by atoms with Crippen molar-refractivity contribution in [1.29, 1.82) is 0 Å².